The molecule has 0 aliphatic heterocycles. The lowest BCUT2D eigenvalue weighted by Crippen LogP contribution is -2.04. The monoisotopic (exact) mass is 202 g/mol. The van der Waals surface area contributed by atoms with Gasteiger partial charge in [0.05, 0.1) is 6.61 Å². The van der Waals surface area contributed by atoms with Crippen molar-refractivity contribution in [2.45, 2.75) is 13.0 Å². The SMILES string of the molecule is c1ccc(OCCCn2cccn2)cc1. The molecule has 15 heavy (non-hydrogen) atoms. The van der Waals surface area contributed by atoms with Crippen molar-refractivity contribution in [3.8, 4) is 5.75 Å². The molecule has 1 heterocycles. The lowest BCUT2D eigenvalue weighted by molar-refractivity contribution is 0.298. The highest BCUT2D eigenvalue weighted by Crippen LogP contribution is 2.08. The molecule has 2 aromatic rings. The molecule has 0 N–H and O–H groups in total. The second kappa shape index (κ2) is 5.20. The van der Waals surface area contributed by atoms with Gasteiger partial charge in [0.15, 0.2) is 0 Å². The zero-order valence-corrected chi connectivity index (χ0v) is 8.54. The first kappa shape index (κ1) is 9.77. The Labute approximate surface area is 89.3 Å². The molecule has 0 spiro atoms. The van der Waals surface area contributed by atoms with E-state index in [-0.39, 0.29) is 0 Å². The van der Waals surface area contributed by atoms with Gasteiger partial charge in [-0.2, -0.15) is 5.10 Å². The lowest BCUT2D eigenvalue weighted by atomic mass is 10.3. The van der Waals surface area contributed by atoms with E-state index in [0.717, 1.165) is 25.3 Å². The van der Waals surface area contributed by atoms with Crippen LogP contribution in [0.4, 0.5) is 0 Å². The molecule has 0 saturated carbocycles. The number of hydrogen-bond donors (Lipinski definition) is 0. The quantitative estimate of drug-likeness (QED) is 0.696. The summed E-state index contributed by atoms with van der Waals surface area (Å²) in [7, 11) is 0. The largest absolute Gasteiger partial charge is 0.494 e. The summed E-state index contributed by atoms with van der Waals surface area (Å²) >= 11 is 0. The van der Waals surface area contributed by atoms with Gasteiger partial charge >= 0.3 is 0 Å². The van der Waals surface area contributed by atoms with Gasteiger partial charge < -0.3 is 4.74 Å². The van der Waals surface area contributed by atoms with E-state index < -0.39 is 0 Å². The van der Waals surface area contributed by atoms with Crippen molar-refractivity contribution in [2.75, 3.05) is 6.61 Å². The fourth-order valence-corrected chi connectivity index (χ4v) is 1.37. The summed E-state index contributed by atoms with van der Waals surface area (Å²) in [5, 5.41) is 4.12. The smallest absolute Gasteiger partial charge is 0.119 e. The molecule has 0 unspecified atom stereocenters. The van der Waals surface area contributed by atoms with E-state index in [1.165, 1.54) is 0 Å². The molecule has 78 valence electrons. The Kier molecular flexibility index (Phi) is 3.38. The molecule has 0 aliphatic carbocycles. The van der Waals surface area contributed by atoms with Crippen LogP contribution in [0.15, 0.2) is 48.8 Å². The van der Waals surface area contributed by atoms with Crippen LogP contribution in [0, 0.1) is 0 Å². The third-order valence-electron chi connectivity index (χ3n) is 2.10. The Morgan fingerprint density at radius 3 is 2.73 bits per heavy atom. The maximum absolute atomic E-state index is 5.56. The molecule has 0 fully saturated rings. The third kappa shape index (κ3) is 3.13. The van der Waals surface area contributed by atoms with Gasteiger partial charge in [0, 0.05) is 25.4 Å². The van der Waals surface area contributed by atoms with Crippen LogP contribution >= 0.6 is 0 Å². The highest BCUT2D eigenvalue weighted by atomic mass is 16.5. The molecule has 0 aliphatic rings. The standard InChI is InChI=1S/C12H14N2O/c1-2-6-12(7-3-1)15-11-5-10-14-9-4-8-13-14/h1-4,6-9H,5,10-11H2. The fourth-order valence-electron chi connectivity index (χ4n) is 1.37. The highest BCUT2D eigenvalue weighted by molar-refractivity contribution is 5.20. The number of para-hydroxylation sites is 1. The number of hydrogen-bond acceptors (Lipinski definition) is 2. The van der Waals surface area contributed by atoms with Crippen LogP contribution in [-0.2, 0) is 6.54 Å². The summed E-state index contributed by atoms with van der Waals surface area (Å²) < 4.78 is 7.47. The molecule has 3 nitrogen and oxygen atoms in total. The van der Waals surface area contributed by atoms with Crippen LogP contribution in [0.3, 0.4) is 0 Å². The van der Waals surface area contributed by atoms with Gasteiger partial charge in [-0.25, -0.2) is 0 Å². The van der Waals surface area contributed by atoms with E-state index >= 15 is 0 Å². The Bertz CT molecular complexity index is 370. The molecule has 1 aromatic heterocycles. The summed E-state index contributed by atoms with van der Waals surface area (Å²) in [5.41, 5.74) is 0. The van der Waals surface area contributed by atoms with Crippen LogP contribution < -0.4 is 4.74 Å². The number of nitrogens with zero attached hydrogens (tertiary/aromatic N) is 2. The molecule has 0 bridgehead atoms. The van der Waals surface area contributed by atoms with Crippen molar-refractivity contribution in [2.24, 2.45) is 0 Å². The maximum Gasteiger partial charge on any atom is 0.119 e. The molecule has 0 saturated heterocycles. The molecule has 0 atom stereocenters. The van der Waals surface area contributed by atoms with Crippen LogP contribution in [0.25, 0.3) is 0 Å². The molecule has 1 aromatic carbocycles. The molecule has 0 amide bonds. The summed E-state index contributed by atoms with van der Waals surface area (Å²) in [6, 6.07) is 11.8. The van der Waals surface area contributed by atoms with Crippen molar-refractivity contribution in [3.63, 3.8) is 0 Å². The van der Waals surface area contributed by atoms with Gasteiger partial charge in [-0.1, -0.05) is 18.2 Å². The summed E-state index contributed by atoms with van der Waals surface area (Å²) in [4.78, 5) is 0. The van der Waals surface area contributed by atoms with E-state index in [9.17, 15) is 0 Å². The van der Waals surface area contributed by atoms with Gasteiger partial charge in [-0.05, 0) is 18.2 Å². The third-order valence-corrected chi connectivity index (χ3v) is 2.10. The topological polar surface area (TPSA) is 27.1 Å². The van der Waals surface area contributed by atoms with Crippen LogP contribution in [0.2, 0.25) is 0 Å². The van der Waals surface area contributed by atoms with Gasteiger partial charge in [0.25, 0.3) is 0 Å². The van der Waals surface area contributed by atoms with Gasteiger partial charge in [-0.3, -0.25) is 4.68 Å². The van der Waals surface area contributed by atoms with E-state index in [0.29, 0.717) is 0 Å². The summed E-state index contributed by atoms with van der Waals surface area (Å²) in [5.74, 6) is 0.929. The van der Waals surface area contributed by atoms with E-state index in [4.69, 9.17) is 4.74 Å². The molecular formula is C12H14N2O. The fraction of sp³-hybridized carbons (Fsp3) is 0.250. The van der Waals surface area contributed by atoms with Crippen molar-refractivity contribution in [1.82, 2.24) is 9.78 Å². The Hall–Kier alpha value is -1.77. The second-order valence-corrected chi connectivity index (χ2v) is 3.28. The van der Waals surface area contributed by atoms with E-state index in [1.807, 2.05) is 47.3 Å². The van der Waals surface area contributed by atoms with Crippen molar-refractivity contribution >= 4 is 0 Å². The average Bonchev–Trinajstić information content (AvgIpc) is 2.79. The van der Waals surface area contributed by atoms with E-state index in [2.05, 4.69) is 5.10 Å². The number of benzene rings is 1. The molecule has 3 heteroatoms. The van der Waals surface area contributed by atoms with Crippen LogP contribution in [0.1, 0.15) is 6.42 Å². The predicted octanol–water partition coefficient (Wildman–Crippen LogP) is 2.35. The number of aryl methyl sites for hydroxylation is 1. The molecule has 0 radical (unpaired) electrons. The lowest BCUT2D eigenvalue weighted by Gasteiger charge is -2.05. The summed E-state index contributed by atoms with van der Waals surface area (Å²) in [6.45, 7) is 1.63. The van der Waals surface area contributed by atoms with E-state index in [1.54, 1.807) is 6.20 Å². The zero-order chi connectivity index (χ0) is 10.3. The van der Waals surface area contributed by atoms with Crippen LogP contribution in [0.5, 0.6) is 5.75 Å². The molecule has 2 rings (SSSR count). The van der Waals surface area contributed by atoms with Gasteiger partial charge in [0.1, 0.15) is 5.75 Å². The van der Waals surface area contributed by atoms with Crippen molar-refractivity contribution in [3.05, 3.63) is 48.8 Å². The minimum absolute atomic E-state index is 0.726. The first-order valence-corrected chi connectivity index (χ1v) is 5.10. The summed E-state index contributed by atoms with van der Waals surface area (Å²) in [6.07, 6.45) is 4.72. The minimum atomic E-state index is 0.726. The van der Waals surface area contributed by atoms with Gasteiger partial charge in [-0.15, -0.1) is 0 Å². The Morgan fingerprint density at radius 1 is 1.13 bits per heavy atom. The normalized spacial score (nSPS) is 10.1. The minimum Gasteiger partial charge on any atom is -0.494 e. The Morgan fingerprint density at radius 2 is 2.00 bits per heavy atom. The average molecular weight is 202 g/mol. The first-order valence-electron chi connectivity index (χ1n) is 5.10. The predicted molar refractivity (Wildman–Crippen MR) is 58.8 cm³/mol. The highest BCUT2D eigenvalue weighted by Gasteiger charge is 1.93. The zero-order valence-electron chi connectivity index (χ0n) is 8.54. The second-order valence-electron chi connectivity index (χ2n) is 3.28. The van der Waals surface area contributed by atoms with Crippen molar-refractivity contribution in [1.29, 1.82) is 0 Å². The number of aromatic nitrogens is 2. The molecular weight excluding hydrogens is 188 g/mol. The number of rotatable bonds is 5. The van der Waals surface area contributed by atoms with Gasteiger partial charge in [0.2, 0.25) is 0 Å². The number of ether oxygens (including phenoxy) is 1. The maximum atomic E-state index is 5.56. The Balaban J connectivity index is 1.68. The first-order chi connectivity index (χ1) is 7.45. The van der Waals surface area contributed by atoms with Crippen LogP contribution in [-0.4, -0.2) is 16.4 Å². The van der Waals surface area contributed by atoms with Crippen molar-refractivity contribution < 1.29 is 4.74 Å².